The summed E-state index contributed by atoms with van der Waals surface area (Å²) in [5.74, 6) is 0.248. The van der Waals surface area contributed by atoms with Crippen molar-refractivity contribution < 1.29 is 23.5 Å². The Labute approximate surface area is 222 Å². The molecule has 0 N–H and O–H groups in total. The normalized spacial score (nSPS) is 14.5. The van der Waals surface area contributed by atoms with Gasteiger partial charge >= 0.3 is 0 Å². The molecule has 1 fully saturated rings. The van der Waals surface area contributed by atoms with Gasteiger partial charge in [-0.05, 0) is 82.9 Å². The number of imide groups is 1. The van der Waals surface area contributed by atoms with Crippen LogP contribution in [0.15, 0.2) is 76.1 Å². The largest absolute Gasteiger partial charge is 0.490 e. The number of nitrogens with zero attached hydrogens (tertiary/aromatic N) is 1. The van der Waals surface area contributed by atoms with Crippen LogP contribution in [0.2, 0.25) is 0 Å². The van der Waals surface area contributed by atoms with Crippen molar-refractivity contribution in [3.63, 3.8) is 0 Å². The maximum absolute atomic E-state index is 14.0. The lowest BCUT2D eigenvalue weighted by atomic mass is 10.1. The molecular weight excluding hydrogens is 545 g/mol. The Morgan fingerprint density at radius 3 is 2.53 bits per heavy atom. The number of amides is 2. The standard InChI is InChI=1S/C28H25BrFNO4S/c1-2-34-24-16-20(15-22(29)26(24)35-18-21-12-6-7-13-23(21)30)17-25-27(32)31(28(33)36-25)14-8-11-19-9-4-3-5-10-19/h3-7,9-10,12-13,15-17H,2,8,11,14,18H2,1H3/b25-17+. The molecule has 0 unspecified atom stereocenters. The van der Waals surface area contributed by atoms with Crippen LogP contribution in [0.5, 0.6) is 11.5 Å². The van der Waals surface area contributed by atoms with Crippen LogP contribution in [-0.2, 0) is 17.8 Å². The molecule has 186 valence electrons. The number of benzene rings is 3. The van der Waals surface area contributed by atoms with E-state index in [4.69, 9.17) is 9.47 Å². The zero-order valence-electron chi connectivity index (χ0n) is 19.7. The van der Waals surface area contributed by atoms with E-state index in [0.717, 1.165) is 18.2 Å². The molecule has 5 nitrogen and oxygen atoms in total. The zero-order valence-corrected chi connectivity index (χ0v) is 22.1. The van der Waals surface area contributed by atoms with Crippen LogP contribution < -0.4 is 9.47 Å². The summed E-state index contributed by atoms with van der Waals surface area (Å²) in [7, 11) is 0. The van der Waals surface area contributed by atoms with E-state index in [1.807, 2.05) is 37.3 Å². The van der Waals surface area contributed by atoms with Crippen LogP contribution in [-0.4, -0.2) is 29.2 Å². The molecule has 1 saturated heterocycles. The summed E-state index contributed by atoms with van der Waals surface area (Å²) in [4.78, 5) is 27.1. The summed E-state index contributed by atoms with van der Waals surface area (Å²) >= 11 is 4.44. The van der Waals surface area contributed by atoms with Gasteiger partial charge in [-0.25, -0.2) is 4.39 Å². The van der Waals surface area contributed by atoms with E-state index in [2.05, 4.69) is 15.9 Å². The highest BCUT2D eigenvalue weighted by molar-refractivity contribution is 9.10. The Bertz CT molecular complexity index is 1280. The third-order valence-electron chi connectivity index (χ3n) is 5.52. The zero-order chi connectivity index (χ0) is 25.5. The summed E-state index contributed by atoms with van der Waals surface area (Å²) in [6.45, 7) is 2.64. The minimum Gasteiger partial charge on any atom is -0.490 e. The molecular formula is C28H25BrFNO4S. The van der Waals surface area contributed by atoms with Crippen molar-refractivity contribution in [2.45, 2.75) is 26.4 Å². The van der Waals surface area contributed by atoms with E-state index in [0.29, 0.717) is 51.6 Å². The molecule has 1 heterocycles. The minimum absolute atomic E-state index is 0.0343. The number of rotatable bonds is 10. The number of carbonyl (C=O) groups is 2. The maximum atomic E-state index is 14.0. The molecule has 1 aliphatic rings. The third-order valence-corrected chi connectivity index (χ3v) is 7.02. The molecule has 2 amide bonds. The number of carbonyl (C=O) groups excluding carboxylic acids is 2. The van der Waals surface area contributed by atoms with Crippen molar-refractivity contribution in [2.24, 2.45) is 0 Å². The van der Waals surface area contributed by atoms with Gasteiger partial charge in [0.1, 0.15) is 12.4 Å². The smallest absolute Gasteiger partial charge is 0.293 e. The van der Waals surface area contributed by atoms with Gasteiger partial charge in [0, 0.05) is 12.1 Å². The van der Waals surface area contributed by atoms with E-state index < -0.39 is 0 Å². The summed E-state index contributed by atoms with van der Waals surface area (Å²) in [5.41, 5.74) is 2.28. The predicted octanol–water partition coefficient (Wildman–Crippen LogP) is 7.24. The lowest BCUT2D eigenvalue weighted by Crippen LogP contribution is -2.29. The molecule has 8 heteroatoms. The number of ether oxygens (including phenoxy) is 2. The number of aryl methyl sites for hydroxylation is 1. The van der Waals surface area contributed by atoms with Crippen LogP contribution >= 0.6 is 27.7 Å². The lowest BCUT2D eigenvalue weighted by molar-refractivity contribution is -0.122. The topological polar surface area (TPSA) is 55.8 Å². The molecule has 0 radical (unpaired) electrons. The lowest BCUT2D eigenvalue weighted by Gasteiger charge is -2.15. The average molecular weight is 570 g/mol. The van der Waals surface area contributed by atoms with Crippen molar-refractivity contribution in [3.8, 4) is 11.5 Å². The Morgan fingerprint density at radius 1 is 1.03 bits per heavy atom. The monoisotopic (exact) mass is 569 g/mol. The average Bonchev–Trinajstić information content (AvgIpc) is 3.12. The highest BCUT2D eigenvalue weighted by Crippen LogP contribution is 2.40. The highest BCUT2D eigenvalue weighted by atomic mass is 79.9. The predicted molar refractivity (Wildman–Crippen MR) is 143 cm³/mol. The summed E-state index contributed by atoms with van der Waals surface area (Å²) < 4.78 is 26.2. The number of halogens is 2. The van der Waals surface area contributed by atoms with E-state index in [1.54, 1.807) is 36.4 Å². The second-order valence-corrected chi connectivity index (χ2v) is 9.91. The van der Waals surface area contributed by atoms with Crippen molar-refractivity contribution in [3.05, 3.63) is 98.6 Å². The van der Waals surface area contributed by atoms with E-state index in [9.17, 15) is 14.0 Å². The van der Waals surface area contributed by atoms with Gasteiger partial charge in [-0.15, -0.1) is 0 Å². The van der Waals surface area contributed by atoms with Crippen molar-refractivity contribution in [2.75, 3.05) is 13.2 Å². The second-order valence-electron chi connectivity index (χ2n) is 8.07. The molecule has 0 aromatic heterocycles. The fourth-order valence-electron chi connectivity index (χ4n) is 3.77. The van der Waals surface area contributed by atoms with Gasteiger partial charge in [0.05, 0.1) is 16.0 Å². The molecule has 3 aromatic carbocycles. The van der Waals surface area contributed by atoms with Crippen LogP contribution in [0.1, 0.15) is 30.0 Å². The first-order chi connectivity index (χ1) is 17.5. The molecule has 4 rings (SSSR count). The fraction of sp³-hybridized carbons (Fsp3) is 0.214. The van der Waals surface area contributed by atoms with Crippen molar-refractivity contribution >= 4 is 44.9 Å². The van der Waals surface area contributed by atoms with Crippen LogP contribution in [0.25, 0.3) is 6.08 Å². The Morgan fingerprint density at radius 2 is 1.78 bits per heavy atom. The Kier molecular flexibility index (Phi) is 8.83. The Hall–Kier alpha value is -3.10. The van der Waals surface area contributed by atoms with Crippen LogP contribution in [0.3, 0.4) is 0 Å². The van der Waals surface area contributed by atoms with Gasteiger partial charge in [-0.1, -0.05) is 48.5 Å². The van der Waals surface area contributed by atoms with E-state index >= 15 is 0 Å². The van der Waals surface area contributed by atoms with Crippen LogP contribution in [0, 0.1) is 5.82 Å². The van der Waals surface area contributed by atoms with Gasteiger partial charge in [-0.3, -0.25) is 14.5 Å². The first kappa shape index (κ1) is 26.0. The molecule has 36 heavy (non-hydrogen) atoms. The molecule has 0 spiro atoms. The molecule has 0 aliphatic carbocycles. The van der Waals surface area contributed by atoms with Crippen molar-refractivity contribution in [1.29, 1.82) is 0 Å². The first-order valence-corrected chi connectivity index (χ1v) is 13.2. The summed E-state index contributed by atoms with van der Waals surface area (Å²) in [6.07, 6.45) is 3.17. The molecule has 0 bridgehead atoms. The number of thioether (sulfide) groups is 1. The quantitative estimate of drug-likeness (QED) is 0.241. The van der Waals surface area contributed by atoms with Gasteiger partial charge in [0.25, 0.3) is 11.1 Å². The fourth-order valence-corrected chi connectivity index (χ4v) is 5.21. The summed E-state index contributed by atoms with van der Waals surface area (Å²) in [6, 6.07) is 19.9. The minimum atomic E-state index is -0.345. The Balaban J connectivity index is 1.47. The third kappa shape index (κ3) is 6.36. The van der Waals surface area contributed by atoms with E-state index in [-0.39, 0.29) is 23.6 Å². The second kappa shape index (κ2) is 12.2. The van der Waals surface area contributed by atoms with Gasteiger partial charge in [-0.2, -0.15) is 0 Å². The van der Waals surface area contributed by atoms with Gasteiger partial charge < -0.3 is 9.47 Å². The molecule has 1 aliphatic heterocycles. The number of hydrogen-bond acceptors (Lipinski definition) is 5. The molecule has 3 aromatic rings. The van der Waals surface area contributed by atoms with Crippen LogP contribution in [0.4, 0.5) is 9.18 Å². The van der Waals surface area contributed by atoms with Gasteiger partial charge in [0.2, 0.25) is 0 Å². The SMILES string of the molecule is CCOc1cc(/C=C2/SC(=O)N(CCCc3ccccc3)C2=O)cc(Br)c1OCc1ccccc1F. The van der Waals surface area contributed by atoms with Gasteiger partial charge in [0.15, 0.2) is 11.5 Å². The molecule has 0 atom stereocenters. The van der Waals surface area contributed by atoms with E-state index in [1.165, 1.54) is 16.5 Å². The maximum Gasteiger partial charge on any atom is 0.293 e. The van der Waals surface area contributed by atoms with Crippen molar-refractivity contribution in [1.82, 2.24) is 4.90 Å². The molecule has 0 saturated carbocycles. The highest BCUT2D eigenvalue weighted by Gasteiger charge is 2.34. The summed E-state index contributed by atoms with van der Waals surface area (Å²) in [5, 5.41) is -0.270. The first-order valence-electron chi connectivity index (χ1n) is 11.6. The number of hydrogen-bond donors (Lipinski definition) is 0.